The Morgan fingerprint density at radius 1 is 1.03 bits per heavy atom. The predicted octanol–water partition coefficient (Wildman–Crippen LogP) is 0.674. The van der Waals surface area contributed by atoms with E-state index in [1.54, 1.807) is 41.1 Å². The van der Waals surface area contributed by atoms with Crippen molar-refractivity contribution in [1.29, 1.82) is 0 Å². The zero-order chi connectivity index (χ0) is 21.8. The van der Waals surface area contributed by atoms with Crippen molar-refractivity contribution in [3.05, 3.63) is 29.8 Å². The van der Waals surface area contributed by atoms with Crippen LogP contribution in [0.2, 0.25) is 0 Å². The summed E-state index contributed by atoms with van der Waals surface area (Å²) in [6.45, 7) is 9.06. The number of nitrogens with one attached hydrogen (secondary N) is 1. The van der Waals surface area contributed by atoms with Crippen LogP contribution in [0.1, 0.15) is 26.3 Å². The second-order valence-corrected chi connectivity index (χ2v) is 10.5. The minimum absolute atomic E-state index is 0.108. The van der Waals surface area contributed by atoms with E-state index < -0.39 is 10.0 Å². The Balaban J connectivity index is 1.86. The molecule has 1 aromatic rings. The molecular formula is C20H32N4O4S. The third-order valence-corrected chi connectivity index (χ3v) is 6.50. The highest BCUT2D eigenvalue weighted by molar-refractivity contribution is 7.89. The summed E-state index contributed by atoms with van der Waals surface area (Å²) in [7, 11) is -1.83. The number of carbonyl (C=O) groups is 2. The Morgan fingerprint density at radius 2 is 1.59 bits per heavy atom. The van der Waals surface area contributed by atoms with Gasteiger partial charge in [0.25, 0.3) is 0 Å². The summed E-state index contributed by atoms with van der Waals surface area (Å²) in [6, 6.07) is 6.77. The van der Waals surface area contributed by atoms with Crippen LogP contribution in [0.4, 0.5) is 0 Å². The van der Waals surface area contributed by atoms with Gasteiger partial charge in [-0.25, -0.2) is 8.42 Å². The van der Waals surface area contributed by atoms with Gasteiger partial charge in [-0.05, 0) is 46.9 Å². The molecule has 162 valence electrons. The molecule has 1 aromatic carbocycles. The summed E-state index contributed by atoms with van der Waals surface area (Å²) in [6.07, 6.45) is 0. The number of sulfonamides is 1. The number of benzene rings is 1. The van der Waals surface area contributed by atoms with Gasteiger partial charge in [0.1, 0.15) is 0 Å². The van der Waals surface area contributed by atoms with E-state index in [-0.39, 0.29) is 48.4 Å². The average molecular weight is 425 g/mol. The number of carbonyl (C=O) groups excluding carboxylic acids is 2. The van der Waals surface area contributed by atoms with E-state index in [2.05, 4.69) is 5.32 Å². The standard InChI is InChI=1S/C20H32N4O4S/c1-16-6-8-17(9-7-16)29(27,28)24-12-10-23(11-13-24)19(26)15-22(5)14-18(25)21-20(2,3)4/h6-9H,10-15H2,1-5H3,(H,21,25). The highest BCUT2D eigenvalue weighted by atomic mass is 32.2. The molecule has 1 aliphatic heterocycles. The fourth-order valence-corrected chi connectivity index (χ4v) is 4.55. The third kappa shape index (κ3) is 6.80. The Labute approximate surface area is 173 Å². The fraction of sp³-hybridized carbons (Fsp3) is 0.600. The molecule has 9 heteroatoms. The first-order valence-corrected chi connectivity index (χ1v) is 11.2. The normalized spacial score (nSPS) is 16.1. The van der Waals surface area contributed by atoms with Gasteiger partial charge < -0.3 is 10.2 Å². The first-order valence-electron chi connectivity index (χ1n) is 9.72. The lowest BCUT2D eigenvalue weighted by Gasteiger charge is -2.34. The van der Waals surface area contributed by atoms with Crippen LogP contribution >= 0.6 is 0 Å². The van der Waals surface area contributed by atoms with Crippen molar-refractivity contribution in [2.24, 2.45) is 0 Å². The van der Waals surface area contributed by atoms with Crippen molar-refractivity contribution in [3.8, 4) is 0 Å². The summed E-state index contributed by atoms with van der Waals surface area (Å²) in [5.41, 5.74) is 0.681. The number of likely N-dealkylation sites (N-methyl/N-ethyl adjacent to an activating group) is 1. The molecule has 1 N–H and O–H groups in total. The Bertz CT molecular complexity index is 823. The van der Waals surface area contributed by atoms with Gasteiger partial charge in [0.15, 0.2) is 0 Å². The van der Waals surface area contributed by atoms with E-state index in [1.807, 2.05) is 27.7 Å². The largest absolute Gasteiger partial charge is 0.350 e. The van der Waals surface area contributed by atoms with Crippen LogP contribution in [-0.4, -0.2) is 86.2 Å². The van der Waals surface area contributed by atoms with Crippen molar-refractivity contribution < 1.29 is 18.0 Å². The van der Waals surface area contributed by atoms with Crippen LogP contribution in [0.3, 0.4) is 0 Å². The maximum atomic E-state index is 12.8. The van der Waals surface area contributed by atoms with Gasteiger partial charge in [0.2, 0.25) is 21.8 Å². The molecule has 29 heavy (non-hydrogen) atoms. The van der Waals surface area contributed by atoms with Crippen molar-refractivity contribution in [1.82, 2.24) is 19.4 Å². The number of amides is 2. The quantitative estimate of drug-likeness (QED) is 0.725. The molecule has 0 bridgehead atoms. The van der Waals surface area contributed by atoms with Crippen LogP contribution in [-0.2, 0) is 19.6 Å². The number of rotatable bonds is 6. The maximum Gasteiger partial charge on any atom is 0.243 e. The Hall–Kier alpha value is -1.97. The number of nitrogens with zero attached hydrogens (tertiary/aromatic N) is 3. The van der Waals surface area contributed by atoms with Gasteiger partial charge >= 0.3 is 0 Å². The van der Waals surface area contributed by atoms with Gasteiger partial charge in [-0.3, -0.25) is 14.5 Å². The molecule has 0 aromatic heterocycles. The smallest absolute Gasteiger partial charge is 0.243 e. The van der Waals surface area contributed by atoms with Crippen molar-refractivity contribution in [2.45, 2.75) is 38.1 Å². The third-order valence-electron chi connectivity index (χ3n) is 4.58. The second kappa shape index (κ2) is 9.23. The number of aryl methyl sites for hydroxylation is 1. The predicted molar refractivity (Wildman–Crippen MR) is 112 cm³/mol. The average Bonchev–Trinajstić information content (AvgIpc) is 2.60. The van der Waals surface area contributed by atoms with Crippen LogP contribution in [0.5, 0.6) is 0 Å². The minimum Gasteiger partial charge on any atom is -0.350 e. The van der Waals surface area contributed by atoms with Crippen LogP contribution in [0, 0.1) is 6.92 Å². The topological polar surface area (TPSA) is 90.0 Å². The molecule has 0 atom stereocenters. The van der Waals surface area contributed by atoms with Gasteiger partial charge in [-0.2, -0.15) is 4.31 Å². The lowest BCUT2D eigenvalue weighted by Crippen LogP contribution is -2.53. The van der Waals surface area contributed by atoms with Gasteiger partial charge in [0, 0.05) is 31.7 Å². The summed E-state index contributed by atoms with van der Waals surface area (Å²) in [5.74, 6) is -0.245. The molecule has 1 fully saturated rings. The molecule has 2 rings (SSSR count). The van der Waals surface area contributed by atoms with E-state index in [0.717, 1.165) is 5.56 Å². The zero-order valence-corrected chi connectivity index (χ0v) is 18.8. The van der Waals surface area contributed by atoms with Crippen molar-refractivity contribution >= 4 is 21.8 Å². The molecule has 0 saturated carbocycles. The van der Waals surface area contributed by atoms with E-state index in [9.17, 15) is 18.0 Å². The lowest BCUT2D eigenvalue weighted by molar-refractivity contribution is -0.133. The summed E-state index contributed by atoms with van der Waals surface area (Å²) in [5, 5.41) is 2.87. The van der Waals surface area contributed by atoms with Gasteiger partial charge in [-0.15, -0.1) is 0 Å². The van der Waals surface area contributed by atoms with Crippen molar-refractivity contribution in [3.63, 3.8) is 0 Å². The van der Waals surface area contributed by atoms with Gasteiger partial charge in [-0.1, -0.05) is 17.7 Å². The second-order valence-electron chi connectivity index (χ2n) is 8.57. The SMILES string of the molecule is Cc1ccc(S(=O)(=O)N2CCN(C(=O)CN(C)CC(=O)NC(C)(C)C)CC2)cc1. The summed E-state index contributed by atoms with van der Waals surface area (Å²) in [4.78, 5) is 28.1. The number of piperazine rings is 1. The molecular weight excluding hydrogens is 392 g/mol. The summed E-state index contributed by atoms with van der Waals surface area (Å²) < 4.78 is 26.9. The highest BCUT2D eigenvalue weighted by Crippen LogP contribution is 2.18. The molecule has 1 saturated heterocycles. The number of hydrogen-bond acceptors (Lipinski definition) is 5. The molecule has 0 aliphatic carbocycles. The van der Waals surface area contributed by atoms with Gasteiger partial charge in [0.05, 0.1) is 18.0 Å². The molecule has 8 nitrogen and oxygen atoms in total. The minimum atomic E-state index is -3.55. The first-order chi connectivity index (χ1) is 13.4. The zero-order valence-electron chi connectivity index (χ0n) is 17.9. The van der Waals surface area contributed by atoms with E-state index >= 15 is 0 Å². The Morgan fingerprint density at radius 3 is 2.10 bits per heavy atom. The molecule has 0 radical (unpaired) electrons. The van der Waals surface area contributed by atoms with Crippen LogP contribution < -0.4 is 5.32 Å². The number of hydrogen-bond donors (Lipinski definition) is 1. The molecule has 2 amide bonds. The first kappa shape index (κ1) is 23.3. The van der Waals surface area contributed by atoms with E-state index in [4.69, 9.17) is 0 Å². The van der Waals surface area contributed by atoms with Crippen molar-refractivity contribution in [2.75, 3.05) is 46.3 Å². The molecule has 1 aliphatic rings. The molecule has 0 unspecified atom stereocenters. The van der Waals surface area contributed by atoms with Crippen LogP contribution in [0.15, 0.2) is 29.2 Å². The van der Waals surface area contributed by atoms with Crippen LogP contribution in [0.25, 0.3) is 0 Å². The molecule has 0 spiro atoms. The summed E-state index contributed by atoms with van der Waals surface area (Å²) >= 11 is 0. The highest BCUT2D eigenvalue weighted by Gasteiger charge is 2.30. The van der Waals surface area contributed by atoms with E-state index in [0.29, 0.717) is 13.1 Å². The Kier molecular flexibility index (Phi) is 7.42. The lowest BCUT2D eigenvalue weighted by atomic mass is 10.1. The van der Waals surface area contributed by atoms with E-state index in [1.165, 1.54) is 4.31 Å². The molecule has 1 heterocycles. The maximum absolute atomic E-state index is 12.8. The monoisotopic (exact) mass is 424 g/mol. The fourth-order valence-electron chi connectivity index (χ4n) is 3.13.